The van der Waals surface area contributed by atoms with E-state index in [2.05, 4.69) is 20.9 Å². The number of benzene rings is 1. The summed E-state index contributed by atoms with van der Waals surface area (Å²) >= 11 is 0. The number of nitrogens with zero attached hydrogens (tertiary/aromatic N) is 1. The number of hydrogen-bond donors (Lipinski definition) is 3. The molecule has 0 aliphatic rings. The third-order valence-corrected chi connectivity index (χ3v) is 3.47. The Hall–Kier alpha value is -1.35. The van der Waals surface area contributed by atoms with Crippen molar-refractivity contribution in [3.8, 4) is 0 Å². The van der Waals surface area contributed by atoms with Gasteiger partial charge < -0.3 is 20.7 Å². The molecule has 0 aliphatic carbocycles. The molecular formula is C19H33IN4O2. The van der Waals surface area contributed by atoms with Gasteiger partial charge in [-0.15, -0.1) is 24.0 Å². The Labute approximate surface area is 174 Å². The Balaban J connectivity index is 0.00000625. The van der Waals surface area contributed by atoms with E-state index in [0.717, 1.165) is 49.9 Å². The molecule has 0 bridgehead atoms. The number of nitrogens with one attached hydrogen (secondary N) is 3. The Morgan fingerprint density at radius 2 is 1.85 bits per heavy atom. The molecule has 0 radical (unpaired) electrons. The molecule has 148 valence electrons. The van der Waals surface area contributed by atoms with Gasteiger partial charge in [0, 0.05) is 37.9 Å². The SMILES string of the molecule is CCNC(=NCc1ccc(NC(=O)C(C)C)cc1)NCCCOCC.I. The van der Waals surface area contributed by atoms with Crippen molar-refractivity contribution >= 4 is 41.5 Å². The number of aliphatic imine (C=N–C) groups is 1. The summed E-state index contributed by atoms with van der Waals surface area (Å²) < 4.78 is 5.33. The van der Waals surface area contributed by atoms with Gasteiger partial charge in [-0.1, -0.05) is 26.0 Å². The lowest BCUT2D eigenvalue weighted by Gasteiger charge is -2.11. The minimum Gasteiger partial charge on any atom is -0.382 e. The smallest absolute Gasteiger partial charge is 0.226 e. The lowest BCUT2D eigenvalue weighted by atomic mass is 10.2. The monoisotopic (exact) mass is 476 g/mol. The van der Waals surface area contributed by atoms with Gasteiger partial charge in [0.05, 0.1) is 6.54 Å². The van der Waals surface area contributed by atoms with Crippen molar-refractivity contribution in [1.29, 1.82) is 0 Å². The number of rotatable bonds is 10. The zero-order valence-corrected chi connectivity index (χ0v) is 18.6. The number of carbonyl (C=O) groups excluding carboxylic acids is 1. The van der Waals surface area contributed by atoms with E-state index in [9.17, 15) is 4.79 Å². The molecule has 0 unspecified atom stereocenters. The number of ether oxygens (including phenoxy) is 1. The summed E-state index contributed by atoms with van der Waals surface area (Å²) in [6.07, 6.45) is 0.947. The molecule has 0 aromatic heterocycles. The van der Waals surface area contributed by atoms with Crippen molar-refractivity contribution in [1.82, 2.24) is 10.6 Å². The maximum absolute atomic E-state index is 11.7. The molecule has 6 nitrogen and oxygen atoms in total. The molecule has 1 amide bonds. The van der Waals surface area contributed by atoms with E-state index in [-0.39, 0.29) is 35.8 Å². The summed E-state index contributed by atoms with van der Waals surface area (Å²) in [5.41, 5.74) is 1.90. The molecule has 3 N–H and O–H groups in total. The van der Waals surface area contributed by atoms with Crippen molar-refractivity contribution in [3.63, 3.8) is 0 Å². The second kappa shape index (κ2) is 14.8. The fraction of sp³-hybridized carbons (Fsp3) is 0.579. The van der Waals surface area contributed by atoms with Crippen LogP contribution in [0.4, 0.5) is 5.69 Å². The molecule has 0 heterocycles. The number of guanidine groups is 1. The van der Waals surface area contributed by atoms with Crippen LogP contribution in [0.15, 0.2) is 29.3 Å². The van der Waals surface area contributed by atoms with Gasteiger partial charge in [0.2, 0.25) is 5.91 Å². The van der Waals surface area contributed by atoms with Crippen molar-refractivity contribution < 1.29 is 9.53 Å². The van der Waals surface area contributed by atoms with Crippen LogP contribution in [0.2, 0.25) is 0 Å². The topological polar surface area (TPSA) is 74.8 Å². The first-order chi connectivity index (χ1) is 12.1. The third-order valence-electron chi connectivity index (χ3n) is 3.47. The van der Waals surface area contributed by atoms with E-state index in [1.54, 1.807) is 0 Å². The van der Waals surface area contributed by atoms with Gasteiger partial charge in [0.1, 0.15) is 0 Å². The Morgan fingerprint density at radius 3 is 2.42 bits per heavy atom. The van der Waals surface area contributed by atoms with Crippen LogP contribution in [0.3, 0.4) is 0 Å². The predicted molar refractivity (Wildman–Crippen MR) is 119 cm³/mol. The quantitative estimate of drug-likeness (QED) is 0.210. The fourth-order valence-corrected chi connectivity index (χ4v) is 2.02. The lowest BCUT2D eigenvalue weighted by Crippen LogP contribution is -2.38. The first-order valence-corrected chi connectivity index (χ1v) is 9.06. The van der Waals surface area contributed by atoms with Gasteiger partial charge in [-0.3, -0.25) is 4.79 Å². The zero-order valence-electron chi connectivity index (χ0n) is 16.3. The van der Waals surface area contributed by atoms with Gasteiger partial charge in [0.15, 0.2) is 5.96 Å². The Morgan fingerprint density at radius 1 is 1.15 bits per heavy atom. The lowest BCUT2D eigenvalue weighted by molar-refractivity contribution is -0.118. The van der Waals surface area contributed by atoms with Crippen LogP contribution in [-0.4, -0.2) is 38.2 Å². The Bertz CT molecular complexity index is 533. The van der Waals surface area contributed by atoms with Gasteiger partial charge in [0.25, 0.3) is 0 Å². The second-order valence-electron chi connectivity index (χ2n) is 6.01. The van der Waals surface area contributed by atoms with Crippen molar-refractivity contribution in [2.45, 2.75) is 40.7 Å². The van der Waals surface area contributed by atoms with Gasteiger partial charge in [-0.05, 0) is 38.0 Å². The van der Waals surface area contributed by atoms with Crippen LogP contribution in [0.5, 0.6) is 0 Å². The van der Waals surface area contributed by atoms with E-state index in [1.165, 1.54) is 0 Å². The standard InChI is InChI=1S/C19H32N4O2.HI/c1-5-20-19(21-12-7-13-25-6-2)22-14-16-8-10-17(11-9-16)23-18(24)15(3)4;/h8-11,15H,5-7,12-14H2,1-4H3,(H,23,24)(H2,20,21,22);1H. The van der Waals surface area contributed by atoms with E-state index in [1.807, 2.05) is 52.0 Å². The van der Waals surface area contributed by atoms with Crippen molar-refractivity contribution in [3.05, 3.63) is 29.8 Å². The molecule has 7 heteroatoms. The highest BCUT2D eigenvalue weighted by Crippen LogP contribution is 2.11. The number of anilines is 1. The number of amides is 1. The summed E-state index contributed by atoms with van der Waals surface area (Å²) in [4.78, 5) is 16.3. The largest absolute Gasteiger partial charge is 0.382 e. The summed E-state index contributed by atoms with van der Waals surface area (Å²) in [6, 6.07) is 7.79. The van der Waals surface area contributed by atoms with Gasteiger partial charge in [-0.2, -0.15) is 0 Å². The molecule has 0 aliphatic heterocycles. The molecule has 0 spiro atoms. The number of hydrogen-bond acceptors (Lipinski definition) is 3. The van der Waals surface area contributed by atoms with Crippen LogP contribution >= 0.6 is 24.0 Å². The highest BCUT2D eigenvalue weighted by molar-refractivity contribution is 14.0. The molecule has 0 saturated heterocycles. The zero-order chi connectivity index (χ0) is 18.5. The van der Waals surface area contributed by atoms with Crippen molar-refractivity contribution in [2.24, 2.45) is 10.9 Å². The molecule has 0 saturated carbocycles. The molecule has 0 fully saturated rings. The average molecular weight is 476 g/mol. The normalized spacial score (nSPS) is 11.0. The molecular weight excluding hydrogens is 443 g/mol. The van der Waals surface area contributed by atoms with E-state index < -0.39 is 0 Å². The van der Waals surface area contributed by atoms with E-state index in [4.69, 9.17) is 4.74 Å². The van der Waals surface area contributed by atoms with Crippen LogP contribution in [0.25, 0.3) is 0 Å². The minimum atomic E-state index is -0.0271. The van der Waals surface area contributed by atoms with Gasteiger partial charge >= 0.3 is 0 Å². The summed E-state index contributed by atoms with van der Waals surface area (Å²) in [5.74, 6) is 0.799. The fourth-order valence-electron chi connectivity index (χ4n) is 2.02. The van der Waals surface area contributed by atoms with Crippen LogP contribution in [0.1, 0.15) is 39.7 Å². The summed E-state index contributed by atoms with van der Waals surface area (Å²) in [6.45, 7) is 11.5. The highest BCUT2D eigenvalue weighted by Gasteiger charge is 2.06. The maximum atomic E-state index is 11.7. The van der Waals surface area contributed by atoms with Crippen LogP contribution < -0.4 is 16.0 Å². The first-order valence-electron chi connectivity index (χ1n) is 9.06. The van der Waals surface area contributed by atoms with E-state index in [0.29, 0.717) is 6.54 Å². The average Bonchev–Trinajstić information content (AvgIpc) is 2.60. The third kappa shape index (κ3) is 10.6. The van der Waals surface area contributed by atoms with Crippen molar-refractivity contribution in [2.75, 3.05) is 31.6 Å². The first kappa shape index (κ1) is 24.7. The predicted octanol–water partition coefficient (Wildman–Crippen LogP) is 3.38. The van der Waals surface area contributed by atoms with Crippen LogP contribution in [-0.2, 0) is 16.1 Å². The molecule has 26 heavy (non-hydrogen) atoms. The van der Waals surface area contributed by atoms with Gasteiger partial charge in [-0.25, -0.2) is 4.99 Å². The Kier molecular flexibility index (Phi) is 14.0. The van der Waals surface area contributed by atoms with E-state index >= 15 is 0 Å². The highest BCUT2D eigenvalue weighted by atomic mass is 127. The molecule has 1 rings (SSSR count). The van der Waals surface area contributed by atoms with Crippen LogP contribution in [0, 0.1) is 5.92 Å². The molecule has 1 aromatic carbocycles. The maximum Gasteiger partial charge on any atom is 0.226 e. The second-order valence-corrected chi connectivity index (χ2v) is 6.01. The molecule has 0 atom stereocenters. The summed E-state index contributed by atoms with van der Waals surface area (Å²) in [5, 5.41) is 9.42. The molecule has 1 aromatic rings. The number of carbonyl (C=O) groups is 1. The number of halogens is 1. The minimum absolute atomic E-state index is 0. The summed E-state index contributed by atoms with van der Waals surface area (Å²) in [7, 11) is 0.